The van der Waals surface area contributed by atoms with Gasteiger partial charge in [0.2, 0.25) is 0 Å². The molecule has 2 fully saturated rings. The van der Waals surface area contributed by atoms with E-state index in [2.05, 4.69) is 6.92 Å². The second-order valence-corrected chi connectivity index (χ2v) is 5.10. The SMILES string of the molecule is CCC1CC1(O)CCC1CCCC1. The number of hydrogen-bond acceptors (Lipinski definition) is 1. The van der Waals surface area contributed by atoms with E-state index in [-0.39, 0.29) is 5.60 Å². The van der Waals surface area contributed by atoms with Crippen LogP contribution in [0.2, 0.25) is 0 Å². The summed E-state index contributed by atoms with van der Waals surface area (Å²) in [5.41, 5.74) is -0.225. The topological polar surface area (TPSA) is 20.2 Å². The van der Waals surface area contributed by atoms with Crippen LogP contribution >= 0.6 is 0 Å². The third kappa shape index (κ3) is 2.07. The molecule has 0 amide bonds. The summed E-state index contributed by atoms with van der Waals surface area (Å²) in [4.78, 5) is 0. The van der Waals surface area contributed by atoms with Crippen LogP contribution in [0.25, 0.3) is 0 Å². The predicted octanol–water partition coefficient (Wildman–Crippen LogP) is 3.12. The van der Waals surface area contributed by atoms with Gasteiger partial charge in [-0.1, -0.05) is 39.0 Å². The van der Waals surface area contributed by atoms with E-state index in [9.17, 15) is 5.11 Å². The van der Waals surface area contributed by atoms with Crippen LogP contribution in [0.4, 0.5) is 0 Å². The molecule has 2 rings (SSSR count). The van der Waals surface area contributed by atoms with Gasteiger partial charge in [0.25, 0.3) is 0 Å². The van der Waals surface area contributed by atoms with Gasteiger partial charge in [0.1, 0.15) is 0 Å². The van der Waals surface area contributed by atoms with Crippen LogP contribution in [0.1, 0.15) is 58.3 Å². The molecule has 0 heterocycles. The zero-order valence-corrected chi connectivity index (χ0v) is 8.76. The van der Waals surface area contributed by atoms with Gasteiger partial charge in [-0.2, -0.15) is 0 Å². The van der Waals surface area contributed by atoms with E-state index in [4.69, 9.17) is 0 Å². The molecule has 1 nitrogen and oxygen atoms in total. The molecule has 13 heavy (non-hydrogen) atoms. The lowest BCUT2D eigenvalue weighted by molar-refractivity contribution is 0.111. The molecule has 1 N–H and O–H groups in total. The quantitative estimate of drug-likeness (QED) is 0.708. The van der Waals surface area contributed by atoms with Crippen LogP contribution in [-0.2, 0) is 0 Å². The van der Waals surface area contributed by atoms with Crippen molar-refractivity contribution in [2.45, 2.75) is 63.9 Å². The van der Waals surface area contributed by atoms with E-state index in [1.807, 2.05) is 0 Å². The maximum atomic E-state index is 10.0. The molecule has 0 aliphatic heterocycles. The van der Waals surface area contributed by atoms with Gasteiger partial charge in [0.05, 0.1) is 5.60 Å². The number of rotatable bonds is 4. The molecular formula is C12H22O. The van der Waals surface area contributed by atoms with Gasteiger partial charge < -0.3 is 5.11 Å². The lowest BCUT2D eigenvalue weighted by atomic mass is 9.97. The highest BCUT2D eigenvalue weighted by atomic mass is 16.3. The van der Waals surface area contributed by atoms with Gasteiger partial charge in [-0.3, -0.25) is 0 Å². The normalized spacial score (nSPS) is 39.7. The molecule has 1 heteroatoms. The number of hydrogen-bond donors (Lipinski definition) is 1. The van der Waals surface area contributed by atoms with E-state index in [0.29, 0.717) is 5.92 Å². The Labute approximate surface area is 81.5 Å². The Bertz CT molecular complexity index is 172. The molecule has 2 saturated carbocycles. The molecule has 0 radical (unpaired) electrons. The smallest absolute Gasteiger partial charge is 0.0680 e. The molecule has 0 aromatic heterocycles. The molecule has 0 spiro atoms. The molecule has 0 saturated heterocycles. The minimum atomic E-state index is -0.225. The summed E-state index contributed by atoms with van der Waals surface area (Å²) in [5.74, 6) is 1.58. The average molecular weight is 182 g/mol. The highest BCUT2D eigenvalue weighted by Crippen LogP contribution is 2.50. The summed E-state index contributed by atoms with van der Waals surface area (Å²) in [7, 11) is 0. The fraction of sp³-hybridized carbons (Fsp3) is 1.00. The lowest BCUT2D eigenvalue weighted by Crippen LogP contribution is -2.12. The van der Waals surface area contributed by atoms with Crippen molar-refractivity contribution in [1.29, 1.82) is 0 Å². The Balaban J connectivity index is 1.68. The third-order valence-corrected chi connectivity index (χ3v) is 4.15. The third-order valence-electron chi connectivity index (χ3n) is 4.15. The van der Waals surface area contributed by atoms with Crippen molar-refractivity contribution in [1.82, 2.24) is 0 Å². The zero-order chi connectivity index (χ0) is 9.31. The van der Waals surface area contributed by atoms with Crippen LogP contribution in [0, 0.1) is 11.8 Å². The molecule has 2 aliphatic rings. The highest BCUT2D eigenvalue weighted by molar-refractivity contribution is 5.02. The van der Waals surface area contributed by atoms with Gasteiger partial charge >= 0.3 is 0 Å². The lowest BCUT2D eigenvalue weighted by Gasteiger charge is -2.13. The first-order valence-electron chi connectivity index (χ1n) is 5.97. The zero-order valence-electron chi connectivity index (χ0n) is 8.76. The summed E-state index contributed by atoms with van der Waals surface area (Å²) < 4.78 is 0. The van der Waals surface area contributed by atoms with E-state index < -0.39 is 0 Å². The van der Waals surface area contributed by atoms with Gasteiger partial charge in [0, 0.05) is 0 Å². The van der Waals surface area contributed by atoms with E-state index in [0.717, 1.165) is 18.8 Å². The monoisotopic (exact) mass is 182 g/mol. The molecule has 0 aromatic rings. The Morgan fingerprint density at radius 3 is 2.54 bits per heavy atom. The van der Waals surface area contributed by atoms with E-state index >= 15 is 0 Å². The maximum Gasteiger partial charge on any atom is 0.0680 e. The predicted molar refractivity (Wildman–Crippen MR) is 54.5 cm³/mol. The Morgan fingerprint density at radius 1 is 1.31 bits per heavy atom. The summed E-state index contributed by atoms with van der Waals surface area (Å²) in [6.07, 6.45) is 10.3. The Hall–Kier alpha value is -0.0400. The van der Waals surface area contributed by atoms with Crippen molar-refractivity contribution in [3.05, 3.63) is 0 Å². The molecule has 2 aliphatic carbocycles. The second kappa shape index (κ2) is 3.61. The van der Waals surface area contributed by atoms with E-state index in [1.54, 1.807) is 0 Å². The summed E-state index contributed by atoms with van der Waals surface area (Å²) in [6, 6.07) is 0. The first-order chi connectivity index (χ1) is 6.24. The van der Waals surface area contributed by atoms with E-state index in [1.165, 1.54) is 38.5 Å². The van der Waals surface area contributed by atoms with Crippen molar-refractivity contribution < 1.29 is 5.11 Å². The summed E-state index contributed by atoms with van der Waals surface area (Å²) in [6.45, 7) is 2.19. The van der Waals surface area contributed by atoms with Crippen molar-refractivity contribution in [3.8, 4) is 0 Å². The van der Waals surface area contributed by atoms with Gasteiger partial charge in [-0.05, 0) is 31.1 Å². The van der Waals surface area contributed by atoms with Crippen LogP contribution in [0.3, 0.4) is 0 Å². The minimum absolute atomic E-state index is 0.225. The summed E-state index contributed by atoms with van der Waals surface area (Å²) >= 11 is 0. The first-order valence-corrected chi connectivity index (χ1v) is 5.97. The Kier molecular flexibility index (Phi) is 2.64. The van der Waals surface area contributed by atoms with Crippen molar-refractivity contribution >= 4 is 0 Å². The Morgan fingerprint density at radius 2 is 2.00 bits per heavy atom. The standard InChI is InChI=1S/C12H22O/c1-2-11-9-12(11,13)8-7-10-5-3-4-6-10/h10-11,13H,2-9H2,1H3. The van der Waals surface area contributed by atoms with Crippen LogP contribution in [-0.4, -0.2) is 10.7 Å². The first kappa shape index (κ1) is 9.51. The highest BCUT2D eigenvalue weighted by Gasteiger charge is 2.50. The van der Waals surface area contributed by atoms with Gasteiger partial charge in [-0.15, -0.1) is 0 Å². The summed E-state index contributed by atoms with van der Waals surface area (Å²) in [5, 5.41) is 10.0. The molecule has 2 atom stereocenters. The molecule has 76 valence electrons. The largest absolute Gasteiger partial charge is 0.390 e. The number of aliphatic hydroxyl groups is 1. The van der Waals surface area contributed by atoms with Gasteiger partial charge in [-0.25, -0.2) is 0 Å². The fourth-order valence-corrected chi connectivity index (χ4v) is 2.95. The second-order valence-electron chi connectivity index (χ2n) is 5.10. The molecule has 0 bridgehead atoms. The molecular weight excluding hydrogens is 160 g/mol. The van der Waals surface area contributed by atoms with Crippen LogP contribution < -0.4 is 0 Å². The van der Waals surface area contributed by atoms with Crippen molar-refractivity contribution in [3.63, 3.8) is 0 Å². The van der Waals surface area contributed by atoms with Crippen molar-refractivity contribution in [2.24, 2.45) is 11.8 Å². The minimum Gasteiger partial charge on any atom is -0.390 e. The van der Waals surface area contributed by atoms with Gasteiger partial charge in [0.15, 0.2) is 0 Å². The molecule has 0 aromatic carbocycles. The van der Waals surface area contributed by atoms with Crippen LogP contribution in [0.5, 0.6) is 0 Å². The fourth-order valence-electron chi connectivity index (χ4n) is 2.95. The van der Waals surface area contributed by atoms with Crippen LogP contribution in [0.15, 0.2) is 0 Å². The molecule has 2 unspecified atom stereocenters. The maximum absolute atomic E-state index is 10.0. The average Bonchev–Trinajstić information content (AvgIpc) is 2.60. The van der Waals surface area contributed by atoms with Crippen molar-refractivity contribution in [2.75, 3.05) is 0 Å².